The molecule has 27 heavy (non-hydrogen) atoms. The highest BCUT2D eigenvalue weighted by molar-refractivity contribution is 5.55. The molecule has 2 aromatic carbocycles. The lowest BCUT2D eigenvalue weighted by molar-refractivity contribution is -0.739. The molecule has 7 nitrogen and oxygen atoms in total. The molecular formula is C20H23N4O3+. The largest absolute Gasteiger partial charge is 0.415 e. The van der Waals surface area contributed by atoms with E-state index in [0.717, 1.165) is 0 Å². The topological polar surface area (TPSA) is 98.7 Å². The van der Waals surface area contributed by atoms with Crippen molar-refractivity contribution in [2.75, 3.05) is 0 Å². The van der Waals surface area contributed by atoms with Gasteiger partial charge in [0.15, 0.2) is 6.04 Å². The van der Waals surface area contributed by atoms with Gasteiger partial charge in [0, 0.05) is 29.2 Å². The lowest BCUT2D eigenvalue weighted by Gasteiger charge is -2.22. The Labute approximate surface area is 157 Å². The van der Waals surface area contributed by atoms with E-state index in [9.17, 15) is 10.1 Å². The van der Waals surface area contributed by atoms with Crippen LogP contribution in [0.5, 0.6) is 0 Å². The molecule has 3 rings (SSSR count). The van der Waals surface area contributed by atoms with Crippen LogP contribution in [0.4, 0.5) is 5.69 Å². The Morgan fingerprint density at radius 3 is 2.26 bits per heavy atom. The van der Waals surface area contributed by atoms with Gasteiger partial charge in [-0.25, -0.2) is 0 Å². The molecule has 0 fully saturated rings. The monoisotopic (exact) mass is 367 g/mol. The van der Waals surface area contributed by atoms with Crippen molar-refractivity contribution in [2.24, 2.45) is 5.92 Å². The quantitative estimate of drug-likeness (QED) is 0.507. The highest BCUT2D eigenvalue weighted by atomic mass is 16.6. The minimum atomic E-state index is -0.435. The van der Waals surface area contributed by atoms with Crippen LogP contribution in [-0.4, -0.2) is 15.1 Å². The molecule has 0 aliphatic rings. The average molecular weight is 367 g/mol. The van der Waals surface area contributed by atoms with E-state index in [1.807, 2.05) is 25.1 Å². The molecule has 1 aromatic heterocycles. The summed E-state index contributed by atoms with van der Waals surface area (Å²) in [5.41, 5.74) is 1.95. The van der Waals surface area contributed by atoms with Crippen LogP contribution in [0.15, 0.2) is 59.0 Å². The summed E-state index contributed by atoms with van der Waals surface area (Å²) >= 11 is 0. The number of quaternary nitrogens is 1. The van der Waals surface area contributed by atoms with E-state index in [1.54, 1.807) is 12.1 Å². The van der Waals surface area contributed by atoms with Crippen molar-refractivity contribution in [2.45, 2.75) is 32.9 Å². The first kappa shape index (κ1) is 18.7. The molecule has 0 saturated carbocycles. The fraction of sp³-hybridized carbons (Fsp3) is 0.300. The van der Waals surface area contributed by atoms with Gasteiger partial charge in [0.1, 0.15) is 6.04 Å². The number of rotatable bonds is 7. The number of hydrogen-bond donors (Lipinski definition) is 1. The summed E-state index contributed by atoms with van der Waals surface area (Å²) in [4.78, 5) is 10.3. The van der Waals surface area contributed by atoms with Crippen molar-refractivity contribution in [3.05, 3.63) is 76.2 Å². The van der Waals surface area contributed by atoms with Crippen molar-refractivity contribution < 1.29 is 14.7 Å². The normalized spacial score (nSPS) is 13.5. The molecule has 0 spiro atoms. The fourth-order valence-electron chi connectivity index (χ4n) is 3.05. The molecule has 7 heteroatoms. The van der Waals surface area contributed by atoms with E-state index in [4.69, 9.17) is 4.42 Å². The van der Waals surface area contributed by atoms with E-state index >= 15 is 0 Å². The van der Waals surface area contributed by atoms with Gasteiger partial charge in [-0.05, 0) is 19.1 Å². The van der Waals surface area contributed by atoms with Crippen LogP contribution in [0.3, 0.4) is 0 Å². The first-order valence-corrected chi connectivity index (χ1v) is 8.94. The zero-order valence-corrected chi connectivity index (χ0v) is 15.6. The summed E-state index contributed by atoms with van der Waals surface area (Å²) in [5.74, 6) is 1.33. The number of nitrogens with zero attached hydrogens (tertiary/aromatic N) is 3. The Hall–Kier alpha value is -3.06. The Balaban J connectivity index is 1.76. The summed E-state index contributed by atoms with van der Waals surface area (Å²) in [5, 5.41) is 21.3. The first-order valence-electron chi connectivity index (χ1n) is 8.94. The summed E-state index contributed by atoms with van der Waals surface area (Å²) < 4.78 is 5.83. The van der Waals surface area contributed by atoms with Crippen molar-refractivity contribution in [1.29, 1.82) is 0 Å². The van der Waals surface area contributed by atoms with E-state index in [-0.39, 0.29) is 17.8 Å². The minimum Gasteiger partial charge on any atom is -0.415 e. The SMILES string of the molecule is CC(C)[C@@H]([NH2+][C@H](C)c1nnc(-c2ccc([N+](=O)[O-])cc2)o1)c1ccccc1. The molecule has 0 unspecified atom stereocenters. The number of hydrogen-bond acceptors (Lipinski definition) is 5. The predicted octanol–water partition coefficient (Wildman–Crippen LogP) is 3.67. The third kappa shape index (κ3) is 4.38. The van der Waals surface area contributed by atoms with Gasteiger partial charge in [0.05, 0.1) is 4.92 Å². The van der Waals surface area contributed by atoms with Crippen LogP contribution in [0.2, 0.25) is 0 Å². The maximum atomic E-state index is 10.8. The van der Waals surface area contributed by atoms with Crippen LogP contribution < -0.4 is 5.32 Å². The molecule has 1 heterocycles. The summed E-state index contributed by atoms with van der Waals surface area (Å²) in [6.45, 7) is 6.42. The lowest BCUT2D eigenvalue weighted by Crippen LogP contribution is -2.86. The minimum absolute atomic E-state index is 0.0168. The zero-order valence-electron chi connectivity index (χ0n) is 15.6. The van der Waals surface area contributed by atoms with Crippen LogP contribution in [0.1, 0.15) is 44.3 Å². The van der Waals surface area contributed by atoms with E-state index in [1.165, 1.54) is 17.7 Å². The molecule has 2 atom stereocenters. The van der Waals surface area contributed by atoms with Crippen LogP contribution in [0, 0.1) is 16.0 Å². The summed E-state index contributed by atoms with van der Waals surface area (Å²) in [6, 6.07) is 16.7. The number of nitrogens with two attached hydrogens (primary N) is 1. The lowest BCUT2D eigenvalue weighted by atomic mass is 9.95. The zero-order chi connectivity index (χ0) is 19.4. The number of benzene rings is 2. The molecule has 0 radical (unpaired) electrons. The second kappa shape index (κ2) is 8.09. The van der Waals surface area contributed by atoms with Gasteiger partial charge >= 0.3 is 0 Å². The first-order chi connectivity index (χ1) is 13.0. The molecule has 0 bridgehead atoms. The molecule has 3 aromatic rings. The van der Waals surface area contributed by atoms with Gasteiger partial charge in [-0.3, -0.25) is 10.1 Å². The van der Waals surface area contributed by atoms with Crippen molar-refractivity contribution >= 4 is 5.69 Å². The Morgan fingerprint density at radius 1 is 1.00 bits per heavy atom. The van der Waals surface area contributed by atoms with Gasteiger partial charge in [0.25, 0.3) is 11.6 Å². The number of nitro benzene ring substituents is 1. The summed E-state index contributed by atoms with van der Waals surface area (Å²) in [6.07, 6.45) is 0. The second-order valence-electron chi connectivity index (χ2n) is 6.91. The van der Waals surface area contributed by atoms with E-state index in [2.05, 4.69) is 41.5 Å². The van der Waals surface area contributed by atoms with Gasteiger partial charge < -0.3 is 9.73 Å². The molecule has 0 amide bonds. The van der Waals surface area contributed by atoms with Gasteiger partial charge in [-0.15, -0.1) is 10.2 Å². The van der Waals surface area contributed by atoms with E-state index in [0.29, 0.717) is 23.3 Å². The van der Waals surface area contributed by atoms with E-state index < -0.39 is 4.92 Å². The highest BCUT2D eigenvalue weighted by Crippen LogP contribution is 2.23. The van der Waals surface area contributed by atoms with Gasteiger partial charge in [-0.2, -0.15) is 0 Å². The number of nitro groups is 1. The van der Waals surface area contributed by atoms with Crippen molar-refractivity contribution in [3.63, 3.8) is 0 Å². The molecule has 0 saturated heterocycles. The Morgan fingerprint density at radius 2 is 1.67 bits per heavy atom. The predicted molar refractivity (Wildman–Crippen MR) is 101 cm³/mol. The third-order valence-electron chi connectivity index (χ3n) is 4.55. The number of aromatic nitrogens is 2. The second-order valence-corrected chi connectivity index (χ2v) is 6.91. The summed E-state index contributed by atoms with van der Waals surface area (Å²) in [7, 11) is 0. The Kier molecular flexibility index (Phi) is 5.61. The van der Waals surface area contributed by atoms with Gasteiger partial charge in [-0.1, -0.05) is 44.2 Å². The molecule has 140 valence electrons. The highest BCUT2D eigenvalue weighted by Gasteiger charge is 2.26. The van der Waals surface area contributed by atoms with Crippen molar-refractivity contribution in [1.82, 2.24) is 10.2 Å². The Bertz CT molecular complexity index is 891. The van der Waals surface area contributed by atoms with Gasteiger partial charge in [0.2, 0.25) is 5.89 Å². The molecule has 0 aliphatic heterocycles. The maximum Gasteiger partial charge on any atom is 0.274 e. The molecule has 0 aliphatic carbocycles. The third-order valence-corrected chi connectivity index (χ3v) is 4.55. The van der Waals surface area contributed by atoms with Crippen LogP contribution in [0.25, 0.3) is 11.5 Å². The van der Waals surface area contributed by atoms with Crippen LogP contribution in [-0.2, 0) is 0 Å². The average Bonchev–Trinajstić information content (AvgIpc) is 3.17. The number of non-ortho nitro benzene ring substituents is 1. The molecule has 2 N–H and O–H groups in total. The fourth-order valence-corrected chi connectivity index (χ4v) is 3.05. The maximum absolute atomic E-state index is 10.8. The molecular weight excluding hydrogens is 344 g/mol. The van der Waals surface area contributed by atoms with Crippen LogP contribution >= 0.6 is 0 Å². The smallest absolute Gasteiger partial charge is 0.274 e. The van der Waals surface area contributed by atoms with Crippen molar-refractivity contribution in [3.8, 4) is 11.5 Å². The standard InChI is InChI=1S/C20H22N4O3/c1-13(2)18(15-7-5-4-6-8-15)21-14(3)19-22-23-20(27-19)16-9-11-17(12-10-16)24(25)26/h4-14,18,21H,1-3H3/p+1/t14-,18-/m1/s1.